The highest BCUT2D eigenvalue weighted by molar-refractivity contribution is 6.30. The van der Waals surface area contributed by atoms with Gasteiger partial charge in [-0.05, 0) is 35.0 Å². The van der Waals surface area contributed by atoms with Crippen LogP contribution in [0.1, 0.15) is 13.3 Å². The Kier molecular flexibility index (Phi) is 4.34. The van der Waals surface area contributed by atoms with E-state index in [1.54, 1.807) is 24.3 Å². The van der Waals surface area contributed by atoms with E-state index in [1.165, 1.54) is 11.8 Å². The molecule has 0 spiro atoms. The molecule has 0 radical (unpaired) electrons. The predicted octanol–water partition coefficient (Wildman–Crippen LogP) is 0.261. The molecular weight excluding hydrogens is 336 g/mol. The number of aromatic nitrogens is 4. The number of nitrogens with zero attached hydrogens (tertiary/aromatic N) is 5. The summed E-state index contributed by atoms with van der Waals surface area (Å²) in [6.45, 7) is 2.18. The summed E-state index contributed by atoms with van der Waals surface area (Å²) in [7, 11) is 0. The second-order valence-corrected chi connectivity index (χ2v) is 5.92. The predicted molar refractivity (Wildman–Crippen MR) is 85.2 cm³/mol. The largest absolute Gasteiger partial charge is 0.377 e. The lowest BCUT2D eigenvalue weighted by atomic mass is 10.3. The van der Waals surface area contributed by atoms with E-state index in [0.29, 0.717) is 34.9 Å². The van der Waals surface area contributed by atoms with Crippen LogP contribution in [-0.2, 0) is 4.79 Å². The first-order valence-electron chi connectivity index (χ1n) is 7.33. The molecule has 0 aliphatic carbocycles. The van der Waals surface area contributed by atoms with Crippen LogP contribution < -0.4 is 11.0 Å². The maximum absolute atomic E-state index is 12.4. The quantitative estimate of drug-likeness (QED) is 0.783. The molecule has 10 heteroatoms. The minimum Gasteiger partial charge on any atom is -0.352 e. The van der Waals surface area contributed by atoms with Gasteiger partial charge in [0.05, 0.1) is 5.69 Å². The normalized spacial score (nSPS) is 17.1. The molecule has 1 aromatic carbocycles. The van der Waals surface area contributed by atoms with Gasteiger partial charge in [-0.25, -0.2) is 9.59 Å². The number of hydrogen-bond acceptors (Lipinski definition) is 5. The molecule has 0 bridgehead atoms. The second-order valence-electron chi connectivity index (χ2n) is 5.48. The summed E-state index contributed by atoms with van der Waals surface area (Å²) < 4.78 is 1.71. The highest BCUT2D eigenvalue weighted by Gasteiger charge is 2.29. The van der Waals surface area contributed by atoms with Crippen LogP contribution in [0.3, 0.4) is 0 Å². The van der Waals surface area contributed by atoms with Crippen molar-refractivity contribution in [2.75, 3.05) is 13.1 Å². The Bertz CT molecular complexity index is 845. The lowest BCUT2D eigenvalue weighted by molar-refractivity contribution is -0.119. The van der Waals surface area contributed by atoms with Gasteiger partial charge in [-0.1, -0.05) is 17.7 Å². The number of halogens is 1. The van der Waals surface area contributed by atoms with Crippen LogP contribution in [0.4, 0.5) is 4.79 Å². The van der Waals surface area contributed by atoms with Gasteiger partial charge in [0.25, 0.3) is 0 Å². The Labute approximate surface area is 141 Å². The maximum atomic E-state index is 12.4. The summed E-state index contributed by atoms with van der Waals surface area (Å²) in [5.74, 6) is -0.154. The molecule has 3 rings (SSSR count). The molecule has 0 saturated carbocycles. The summed E-state index contributed by atoms with van der Waals surface area (Å²) in [4.78, 5) is 37.4. The molecule has 1 saturated heterocycles. The van der Waals surface area contributed by atoms with Crippen molar-refractivity contribution in [2.24, 2.45) is 0 Å². The Morgan fingerprint density at radius 2 is 2.12 bits per heavy atom. The number of amides is 2. The minimum atomic E-state index is -0.676. The molecule has 2 amide bonds. The molecule has 0 unspecified atom stereocenters. The van der Waals surface area contributed by atoms with Gasteiger partial charge in [0, 0.05) is 31.1 Å². The average molecular weight is 351 g/mol. The molecule has 1 N–H and O–H groups in total. The second kappa shape index (κ2) is 6.44. The first kappa shape index (κ1) is 16.2. The molecule has 1 aliphatic rings. The number of benzene rings is 1. The molecule has 9 nitrogen and oxygen atoms in total. The van der Waals surface area contributed by atoms with Crippen molar-refractivity contribution in [3.63, 3.8) is 0 Å². The fourth-order valence-electron chi connectivity index (χ4n) is 2.61. The van der Waals surface area contributed by atoms with Gasteiger partial charge >= 0.3 is 11.7 Å². The van der Waals surface area contributed by atoms with Gasteiger partial charge in [-0.2, -0.15) is 4.68 Å². The number of carbonyl (C=O) groups excluding carboxylic acids is 2. The third-order valence-corrected chi connectivity index (χ3v) is 3.92. The third-order valence-electron chi connectivity index (χ3n) is 3.68. The zero-order valence-corrected chi connectivity index (χ0v) is 13.6. The highest BCUT2D eigenvalue weighted by atomic mass is 35.5. The van der Waals surface area contributed by atoms with Crippen LogP contribution >= 0.6 is 11.6 Å². The van der Waals surface area contributed by atoms with Gasteiger partial charge in [-0.3, -0.25) is 4.79 Å². The van der Waals surface area contributed by atoms with Crippen molar-refractivity contribution in [1.82, 2.24) is 30.0 Å². The molecule has 1 atom stereocenters. The maximum Gasteiger partial charge on any atom is 0.377 e. The average Bonchev–Trinajstić information content (AvgIpc) is 3.13. The van der Waals surface area contributed by atoms with Crippen LogP contribution in [0.25, 0.3) is 5.69 Å². The number of tetrazole rings is 1. The van der Waals surface area contributed by atoms with Crippen LogP contribution in [0.2, 0.25) is 5.02 Å². The number of carbonyl (C=O) groups is 2. The van der Waals surface area contributed by atoms with E-state index >= 15 is 0 Å². The van der Waals surface area contributed by atoms with E-state index in [2.05, 4.69) is 15.7 Å². The van der Waals surface area contributed by atoms with Crippen molar-refractivity contribution in [3.8, 4) is 5.69 Å². The Balaban J connectivity index is 1.80. The Morgan fingerprint density at radius 3 is 2.83 bits per heavy atom. The number of hydrogen-bond donors (Lipinski definition) is 1. The molecular formula is C14H15ClN6O3. The van der Waals surface area contributed by atoms with Gasteiger partial charge in [0.2, 0.25) is 5.91 Å². The molecule has 1 fully saturated rings. The number of likely N-dealkylation sites (tertiary alicyclic amines) is 1. The highest BCUT2D eigenvalue weighted by Crippen LogP contribution is 2.13. The van der Waals surface area contributed by atoms with E-state index in [0.717, 1.165) is 4.68 Å². The van der Waals surface area contributed by atoms with Crippen LogP contribution in [0.5, 0.6) is 0 Å². The van der Waals surface area contributed by atoms with E-state index < -0.39 is 11.7 Å². The number of rotatable bonds is 2. The first-order chi connectivity index (χ1) is 11.5. The summed E-state index contributed by atoms with van der Waals surface area (Å²) in [6.07, 6.45) is 0.627. The Morgan fingerprint density at radius 1 is 1.33 bits per heavy atom. The fourth-order valence-corrected chi connectivity index (χ4v) is 2.79. The van der Waals surface area contributed by atoms with Crippen molar-refractivity contribution < 1.29 is 9.59 Å². The summed E-state index contributed by atoms with van der Waals surface area (Å²) in [5.41, 5.74) is -0.255. The summed E-state index contributed by atoms with van der Waals surface area (Å²) >= 11 is 5.90. The molecule has 126 valence electrons. The number of nitrogens with one attached hydrogen (secondary N) is 1. The van der Waals surface area contributed by atoms with Crippen molar-refractivity contribution in [3.05, 3.63) is 39.8 Å². The van der Waals surface area contributed by atoms with Crippen molar-refractivity contribution in [1.29, 1.82) is 0 Å². The topological polar surface area (TPSA) is 102 Å². The standard InChI is InChI=1S/C14H15ClN6O3/c1-9(22)16-11-5-6-19(8-11)13(23)21-14(24)20(17-18-21)12-4-2-3-10(15)7-12/h2-4,7,11H,5-6,8H2,1H3,(H,16,22)/t11-/m0/s1. The summed E-state index contributed by atoms with van der Waals surface area (Å²) in [6, 6.07) is 5.84. The van der Waals surface area contributed by atoms with Gasteiger partial charge < -0.3 is 10.2 Å². The van der Waals surface area contributed by atoms with Crippen LogP contribution in [0.15, 0.2) is 29.1 Å². The van der Waals surface area contributed by atoms with E-state index in [9.17, 15) is 14.4 Å². The monoisotopic (exact) mass is 350 g/mol. The zero-order chi connectivity index (χ0) is 17.3. The first-order valence-corrected chi connectivity index (χ1v) is 7.71. The van der Waals surface area contributed by atoms with Crippen LogP contribution in [0, 0.1) is 0 Å². The molecule has 2 aromatic rings. The lowest BCUT2D eigenvalue weighted by Gasteiger charge is -2.15. The summed E-state index contributed by atoms with van der Waals surface area (Å²) in [5, 5.41) is 10.6. The van der Waals surface area contributed by atoms with Gasteiger partial charge in [0.15, 0.2) is 0 Å². The van der Waals surface area contributed by atoms with Crippen molar-refractivity contribution in [2.45, 2.75) is 19.4 Å². The molecule has 1 aromatic heterocycles. The molecule has 2 heterocycles. The SMILES string of the molecule is CC(=O)N[C@H]1CCN(C(=O)n2nnn(-c3cccc(Cl)c3)c2=O)C1. The van der Waals surface area contributed by atoms with Gasteiger partial charge in [-0.15, -0.1) is 4.68 Å². The smallest absolute Gasteiger partial charge is 0.352 e. The van der Waals surface area contributed by atoms with Crippen molar-refractivity contribution >= 4 is 23.5 Å². The lowest BCUT2D eigenvalue weighted by Crippen LogP contribution is -2.42. The van der Waals surface area contributed by atoms with Crippen LogP contribution in [-0.4, -0.2) is 55.8 Å². The minimum absolute atomic E-state index is 0.120. The fraction of sp³-hybridized carbons (Fsp3) is 0.357. The zero-order valence-electron chi connectivity index (χ0n) is 12.8. The van der Waals surface area contributed by atoms with Gasteiger partial charge in [0.1, 0.15) is 0 Å². The Hall–Kier alpha value is -2.68. The van der Waals surface area contributed by atoms with E-state index in [1.807, 2.05) is 0 Å². The van der Waals surface area contributed by atoms with E-state index in [4.69, 9.17) is 11.6 Å². The molecule has 24 heavy (non-hydrogen) atoms. The third kappa shape index (κ3) is 3.16. The molecule has 1 aliphatic heterocycles. The van der Waals surface area contributed by atoms with E-state index in [-0.39, 0.29) is 11.9 Å².